The van der Waals surface area contributed by atoms with Crippen molar-refractivity contribution in [1.82, 2.24) is 0 Å². The van der Waals surface area contributed by atoms with Crippen molar-refractivity contribution in [1.29, 1.82) is 0 Å². The van der Waals surface area contributed by atoms with Gasteiger partial charge in [0.25, 0.3) is 0 Å². The van der Waals surface area contributed by atoms with E-state index >= 15 is 0 Å². The van der Waals surface area contributed by atoms with E-state index in [4.69, 9.17) is 16.3 Å². The molecule has 0 amide bonds. The molecule has 0 saturated carbocycles. The Morgan fingerprint density at radius 2 is 2.14 bits per heavy atom. The number of rotatable bonds is 5. The van der Waals surface area contributed by atoms with Crippen LogP contribution in [0.3, 0.4) is 0 Å². The van der Waals surface area contributed by atoms with Crippen LogP contribution in [0.2, 0.25) is 5.02 Å². The molecule has 1 aliphatic rings. The van der Waals surface area contributed by atoms with E-state index in [0.29, 0.717) is 5.02 Å². The van der Waals surface area contributed by atoms with Gasteiger partial charge in [0.1, 0.15) is 0 Å². The minimum Gasteiger partial charge on any atom is -0.461 e. The van der Waals surface area contributed by atoms with Crippen LogP contribution in [0.1, 0.15) is 24.7 Å². The normalized spacial score (nSPS) is 22.0. The van der Waals surface area contributed by atoms with Crippen LogP contribution in [-0.4, -0.2) is 34.6 Å². The van der Waals surface area contributed by atoms with Gasteiger partial charge in [0, 0.05) is 9.95 Å². The summed E-state index contributed by atoms with van der Waals surface area (Å²) in [7, 11) is 0. The molecule has 0 spiro atoms. The number of nitrogens with zero attached hydrogens (tertiary/aromatic N) is 2. The zero-order valence-electron chi connectivity index (χ0n) is 12.1. The fraction of sp³-hybridized carbons (Fsp3) is 0.429. The van der Waals surface area contributed by atoms with E-state index in [1.165, 1.54) is 11.8 Å². The highest BCUT2D eigenvalue weighted by Crippen LogP contribution is 2.41. The summed E-state index contributed by atoms with van der Waals surface area (Å²) in [5.74, 6) is -0.872. The van der Waals surface area contributed by atoms with Crippen LogP contribution in [0.5, 0.6) is 0 Å². The topological polar surface area (TPSA) is 81.8 Å². The molecule has 0 N–H and O–H groups in total. The molecule has 6 nitrogen and oxygen atoms in total. The first kappa shape index (κ1) is 16.8. The highest BCUT2D eigenvalue weighted by Gasteiger charge is 2.43. The third-order valence-corrected chi connectivity index (χ3v) is 4.91. The second-order valence-corrected chi connectivity index (χ2v) is 6.34. The maximum absolute atomic E-state index is 11.8. The van der Waals surface area contributed by atoms with Gasteiger partial charge < -0.3 is 4.74 Å². The minimum absolute atomic E-state index is 0.0795. The molecule has 1 unspecified atom stereocenters. The predicted molar refractivity (Wildman–Crippen MR) is 86.1 cm³/mol. The molecule has 1 aromatic rings. The Morgan fingerprint density at radius 3 is 2.68 bits per heavy atom. The number of thioether (sulfide) groups is 1. The van der Waals surface area contributed by atoms with Crippen LogP contribution in [0.4, 0.5) is 0 Å². The molecule has 0 fully saturated rings. The molecule has 2 rings (SSSR count). The quantitative estimate of drug-likeness (QED) is 0.466. The van der Waals surface area contributed by atoms with Gasteiger partial charge in [0.05, 0.1) is 17.9 Å². The monoisotopic (exact) mass is 342 g/mol. The molecule has 0 saturated heterocycles. The number of hydrogen-bond donors (Lipinski definition) is 0. The van der Waals surface area contributed by atoms with Crippen LogP contribution in [-0.2, 0) is 9.53 Å². The molecule has 1 aliphatic heterocycles. The average Bonchev–Trinajstić information content (AvgIpc) is 2.81. The first-order valence-electron chi connectivity index (χ1n) is 6.74. The Balaban J connectivity index is 2.20. The van der Waals surface area contributed by atoms with E-state index in [9.17, 15) is 14.9 Å². The Hall–Kier alpha value is -1.60. The van der Waals surface area contributed by atoms with Crippen LogP contribution >= 0.6 is 23.4 Å². The van der Waals surface area contributed by atoms with Gasteiger partial charge in [-0.15, -0.1) is 0 Å². The van der Waals surface area contributed by atoms with Gasteiger partial charge in [-0.2, -0.15) is 0 Å². The van der Waals surface area contributed by atoms with Crippen molar-refractivity contribution in [2.75, 3.05) is 6.61 Å². The molecule has 118 valence electrons. The lowest BCUT2D eigenvalue weighted by atomic mass is 10.1. The minimum atomic E-state index is -1.55. The van der Waals surface area contributed by atoms with Crippen molar-refractivity contribution in [3.8, 4) is 0 Å². The number of carbonyl (C=O) groups excluding carboxylic acids is 1. The number of carbonyl (C=O) groups is 1. The smallest absolute Gasteiger partial charge is 0.388 e. The Bertz CT molecular complexity index is 605. The highest BCUT2D eigenvalue weighted by atomic mass is 35.5. The van der Waals surface area contributed by atoms with Crippen molar-refractivity contribution in [2.45, 2.75) is 31.2 Å². The molecule has 1 aromatic carbocycles. The molecule has 0 bridgehead atoms. The summed E-state index contributed by atoms with van der Waals surface area (Å²) in [4.78, 5) is 26.6. The number of hydrogen-bond acceptors (Lipinski definition) is 6. The average molecular weight is 343 g/mol. The lowest BCUT2D eigenvalue weighted by molar-refractivity contribution is -0.491. The van der Waals surface area contributed by atoms with Crippen molar-refractivity contribution in [3.63, 3.8) is 0 Å². The maximum Gasteiger partial charge on any atom is 0.388 e. The number of ether oxygens (including phenoxy) is 1. The largest absolute Gasteiger partial charge is 0.461 e. The molecule has 0 aromatic heterocycles. The molecule has 3 atom stereocenters. The van der Waals surface area contributed by atoms with Crippen molar-refractivity contribution < 1.29 is 14.5 Å². The van der Waals surface area contributed by atoms with E-state index in [1.54, 1.807) is 19.1 Å². The first-order valence-corrected chi connectivity index (χ1v) is 7.99. The number of nitro groups is 1. The molecule has 1 heterocycles. The summed E-state index contributed by atoms with van der Waals surface area (Å²) in [5.41, 5.74) is 0.964. The van der Waals surface area contributed by atoms with Crippen molar-refractivity contribution in [3.05, 3.63) is 45.0 Å². The lowest BCUT2D eigenvalue weighted by Gasteiger charge is -2.14. The maximum atomic E-state index is 11.8. The van der Waals surface area contributed by atoms with E-state index in [-0.39, 0.29) is 22.9 Å². The molecule has 0 radical (unpaired) electrons. The fourth-order valence-corrected chi connectivity index (χ4v) is 3.64. The van der Waals surface area contributed by atoms with Crippen LogP contribution in [0.25, 0.3) is 0 Å². The molecule has 22 heavy (non-hydrogen) atoms. The van der Waals surface area contributed by atoms with Crippen molar-refractivity contribution >= 4 is 34.4 Å². The van der Waals surface area contributed by atoms with Gasteiger partial charge in [-0.3, -0.25) is 15.1 Å². The zero-order valence-corrected chi connectivity index (χ0v) is 13.6. The number of halogens is 1. The van der Waals surface area contributed by atoms with Gasteiger partial charge in [0.2, 0.25) is 0 Å². The third-order valence-electron chi connectivity index (χ3n) is 3.17. The molecular formula is C14H15ClN2O4S. The third kappa shape index (κ3) is 3.59. The van der Waals surface area contributed by atoms with E-state index in [2.05, 4.69) is 4.99 Å². The van der Waals surface area contributed by atoms with E-state index < -0.39 is 16.9 Å². The van der Waals surface area contributed by atoms with Gasteiger partial charge in [-0.1, -0.05) is 35.5 Å². The molecule has 8 heteroatoms. The summed E-state index contributed by atoms with van der Waals surface area (Å²) in [5, 5.41) is 11.9. The van der Waals surface area contributed by atoms with Crippen LogP contribution in [0, 0.1) is 10.1 Å². The summed E-state index contributed by atoms with van der Waals surface area (Å²) >= 11 is 7.10. The number of esters is 1. The fourth-order valence-electron chi connectivity index (χ4n) is 2.16. The van der Waals surface area contributed by atoms with E-state index in [0.717, 1.165) is 5.56 Å². The van der Waals surface area contributed by atoms with Gasteiger partial charge in [-0.25, -0.2) is 4.79 Å². The Labute approximate surface area is 137 Å². The summed E-state index contributed by atoms with van der Waals surface area (Å²) in [6.45, 7) is 3.57. The van der Waals surface area contributed by atoms with Gasteiger partial charge in [0.15, 0.2) is 5.04 Å². The predicted octanol–water partition coefficient (Wildman–Crippen LogP) is 3.12. The second kappa shape index (κ2) is 7.11. The Kier molecular flexibility index (Phi) is 5.42. The van der Waals surface area contributed by atoms with Gasteiger partial charge >= 0.3 is 12.0 Å². The zero-order chi connectivity index (χ0) is 16.3. The summed E-state index contributed by atoms with van der Waals surface area (Å²) in [6.07, 6.45) is 0. The second-order valence-electron chi connectivity index (χ2n) is 4.74. The Morgan fingerprint density at radius 1 is 1.50 bits per heavy atom. The number of aliphatic imine (C=N–C) groups is 1. The summed E-state index contributed by atoms with van der Waals surface area (Å²) < 4.78 is 4.78. The lowest BCUT2D eigenvalue weighted by Crippen LogP contribution is -2.37. The van der Waals surface area contributed by atoms with Crippen molar-refractivity contribution in [2.24, 2.45) is 4.99 Å². The summed E-state index contributed by atoms with van der Waals surface area (Å²) in [6, 6.07) is 5.53. The standard InChI is InChI=1S/C14H15ClN2O4S/c1-3-21-14(18)11(17(19)20)13-16-8(2)12(22-13)9-4-6-10(15)7-5-9/h4-8,11-12H,3H2,1-2H3/t8-,11?,12+/m1/s1. The van der Waals surface area contributed by atoms with E-state index in [1.807, 2.05) is 19.1 Å². The number of benzene rings is 1. The molecular weight excluding hydrogens is 328 g/mol. The SMILES string of the molecule is CCOC(=O)C(C1=N[C@H](C)[C@@H](c2ccc(Cl)cc2)S1)[N+](=O)[O-]. The van der Waals surface area contributed by atoms with Crippen LogP contribution in [0.15, 0.2) is 29.3 Å². The first-order chi connectivity index (χ1) is 10.4. The van der Waals surface area contributed by atoms with Gasteiger partial charge in [-0.05, 0) is 31.5 Å². The molecule has 0 aliphatic carbocycles. The van der Waals surface area contributed by atoms with Crippen LogP contribution < -0.4 is 0 Å². The highest BCUT2D eigenvalue weighted by molar-refractivity contribution is 8.14.